The average molecular weight is 547 g/mol. The molecule has 1 aromatic rings. The van der Waals surface area contributed by atoms with Crippen molar-refractivity contribution < 1.29 is 50.3 Å². The topological polar surface area (TPSA) is 165 Å². The molecule has 18 heteroatoms. The van der Waals surface area contributed by atoms with Crippen LogP contribution in [0.2, 0.25) is 0 Å². The van der Waals surface area contributed by atoms with Crippen LogP contribution < -0.4 is 0 Å². The van der Waals surface area contributed by atoms with Crippen LogP contribution in [0.3, 0.4) is 0 Å². The molecule has 4 N–H and O–H groups in total. The third kappa shape index (κ3) is 9.83. The summed E-state index contributed by atoms with van der Waals surface area (Å²) >= 11 is 0. The Hall–Kier alpha value is 0.940. The van der Waals surface area contributed by atoms with Crippen molar-refractivity contribution in [1.29, 1.82) is 0 Å². The lowest BCUT2D eigenvalue weighted by Crippen LogP contribution is -2.15. The summed E-state index contributed by atoms with van der Waals surface area (Å²) in [5, 5.41) is -1.74. The van der Waals surface area contributed by atoms with Gasteiger partial charge in [-0.05, 0) is 25.0 Å². The first kappa shape index (κ1) is 29.0. The maximum Gasteiger partial charge on any atom is 0.356 e. The van der Waals surface area contributed by atoms with Crippen LogP contribution in [0, 0.1) is 5.82 Å². The van der Waals surface area contributed by atoms with E-state index in [1.54, 1.807) is 0 Å². The van der Waals surface area contributed by atoms with Gasteiger partial charge in [0.15, 0.2) is 38.9 Å². The molecule has 11 nitrogen and oxygen atoms in total. The van der Waals surface area contributed by atoms with E-state index in [2.05, 4.69) is 4.98 Å². The Morgan fingerprint density at radius 2 is 1.30 bits per heavy atom. The lowest BCUT2D eigenvalue weighted by Gasteiger charge is -2.33. The van der Waals surface area contributed by atoms with E-state index in [-0.39, 0.29) is 12.8 Å². The van der Waals surface area contributed by atoms with Crippen LogP contribution in [0.5, 0.6) is 0 Å². The van der Waals surface area contributed by atoms with E-state index >= 15 is 0 Å². The number of pyridine rings is 1. The molecule has 4 unspecified atom stereocenters. The lowest BCUT2D eigenvalue weighted by atomic mass is 10.2. The Balaban J connectivity index is 3.43. The molecule has 4 atom stereocenters. The minimum Gasteiger partial charge on any atom is -0.350 e. The second-order valence-corrected chi connectivity index (χ2v) is 15.9. The second kappa shape index (κ2) is 13.0. The number of rotatable bonds is 13. The number of hydrogen-bond donors (Lipinski definition) is 4. The van der Waals surface area contributed by atoms with Gasteiger partial charge in [0.1, 0.15) is 5.82 Å². The van der Waals surface area contributed by atoms with Crippen molar-refractivity contribution in [2.75, 3.05) is 26.7 Å². The second-order valence-electron chi connectivity index (χ2n) is 5.75. The predicted octanol–water partition coefficient (Wildman–Crippen LogP) is 4.67. The van der Waals surface area contributed by atoms with Crippen molar-refractivity contribution in [3.63, 3.8) is 0 Å². The van der Waals surface area contributed by atoms with Crippen LogP contribution in [0.15, 0.2) is 18.3 Å². The normalized spacial score (nSPS) is 21.1. The molecule has 30 heavy (non-hydrogen) atoms. The number of nitrogens with zero attached hydrogens (tertiary/aromatic N) is 1. The van der Waals surface area contributed by atoms with Gasteiger partial charge in [-0.15, -0.1) is 0 Å². The monoisotopic (exact) mass is 547 g/mol. The van der Waals surface area contributed by atoms with Gasteiger partial charge in [-0.3, -0.25) is 31.4 Å². The first-order valence-electron chi connectivity index (χ1n) is 8.06. The van der Waals surface area contributed by atoms with Crippen molar-refractivity contribution in [1.82, 2.24) is 4.98 Å². The summed E-state index contributed by atoms with van der Waals surface area (Å²) < 4.78 is 60.5. The first-order valence-corrected chi connectivity index (χ1v) is 17.9. The molecule has 0 radical (unpaired) electrons. The molecule has 0 bridgehead atoms. The van der Waals surface area contributed by atoms with E-state index in [0.717, 1.165) is 12.3 Å². The molecular formula is C12H24FNO10P6. The Labute approximate surface area is 179 Å². The standard InChI is InChI=1S/C12H24FNO10P6/c1-25(15)21-29(19,22-26(2)16)12(8-7-11-6-5-10(13)9-14-11)30(20,23-27(3)17)24-28(4)18/h5-6,9,12,15-18H,7-8H2,1-4H3. The maximum atomic E-state index is 13.5. The average Bonchev–Trinajstić information content (AvgIpc) is 2.53. The van der Waals surface area contributed by atoms with E-state index < -0.39 is 59.9 Å². The molecule has 1 heterocycles. The van der Waals surface area contributed by atoms with Crippen molar-refractivity contribution in [3.8, 4) is 0 Å². The molecule has 0 fully saturated rings. The summed E-state index contributed by atoms with van der Waals surface area (Å²) in [6.07, 6.45) is 0.629. The zero-order chi connectivity index (χ0) is 23.1. The minimum atomic E-state index is -4.58. The fourth-order valence-corrected chi connectivity index (χ4v) is 13.8. The van der Waals surface area contributed by atoms with Gasteiger partial charge in [0.25, 0.3) is 0 Å². The van der Waals surface area contributed by atoms with Crippen LogP contribution in [-0.2, 0) is 32.8 Å². The van der Waals surface area contributed by atoms with Gasteiger partial charge in [-0.1, -0.05) is 0 Å². The van der Waals surface area contributed by atoms with Crippen LogP contribution in [0.25, 0.3) is 0 Å². The van der Waals surface area contributed by atoms with Crippen LogP contribution >= 0.6 is 48.7 Å². The van der Waals surface area contributed by atoms with E-state index in [1.165, 1.54) is 32.7 Å². The Kier molecular flexibility index (Phi) is 12.5. The summed E-state index contributed by atoms with van der Waals surface area (Å²) in [4.78, 5) is 42.6. The molecule has 0 saturated heterocycles. The number of hydrogen-bond acceptors (Lipinski definition) is 11. The van der Waals surface area contributed by atoms with Crippen molar-refractivity contribution in [2.24, 2.45) is 0 Å². The Bertz CT molecular complexity index is 686. The highest BCUT2D eigenvalue weighted by Gasteiger charge is 2.54. The van der Waals surface area contributed by atoms with Gasteiger partial charge < -0.3 is 19.6 Å². The molecular weight excluding hydrogens is 523 g/mol. The smallest absolute Gasteiger partial charge is 0.350 e. The molecule has 174 valence electrons. The molecule has 0 spiro atoms. The SMILES string of the molecule is CP(O)OP(=O)(OP(C)O)C(CCc1ccc(F)cn1)P(=O)(OP(C)O)OP(C)O. The molecule has 1 aromatic heterocycles. The van der Waals surface area contributed by atoms with Crippen molar-refractivity contribution in [3.05, 3.63) is 29.8 Å². The van der Waals surface area contributed by atoms with Crippen LogP contribution in [-0.4, -0.2) is 56.6 Å². The van der Waals surface area contributed by atoms with Crippen LogP contribution in [0.1, 0.15) is 12.1 Å². The van der Waals surface area contributed by atoms with E-state index in [9.17, 15) is 33.1 Å². The molecule has 0 amide bonds. The molecule has 0 aliphatic carbocycles. The van der Waals surface area contributed by atoms with Crippen molar-refractivity contribution in [2.45, 2.75) is 18.2 Å². The highest BCUT2D eigenvalue weighted by Crippen LogP contribution is 2.80. The van der Waals surface area contributed by atoms with Gasteiger partial charge in [0.05, 0.1) is 6.20 Å². The number of halogens is 1. The van der Waals surface area contributed by atoms with Gasteiger partial charge in [0, 0.05) is 32.4 Å². The van der Waals surface area contributed by atoms with Gasteiger partial charge in [0.2, 0.25) is 0 Å². The van der Waals surface area contributed by atoms with E-state index in [1.807, 2.05) is 0 Å². The van der Waals surface area contributed by atoms with E-state index in [4.69, 9.17) is 17.2 Å². The number of aromatic nitrogens is 1. The van der Waals surface area contributed by atoms with Gasteiger partial charge in [-0.25, -0.2) is 4.39 Å². The first-order chi connectivity index (χ1) is 13.8. The minimum absolute atomic E-state index is 0.0291. The highest BCUT2D eigenvalue weighted by molar-refractivity contribution is 7.82. The zero-order valence-electron chi connectivity index (χ0n) is 16.5. The molecule has 0 aliphatic heterocycles. The van der Waals surface area contributed by atoms with Gasteiger partial charge in [-0.2, -0.15) is 0 Å². The third-order valence-electron chi connectivity index (χ3n) is 3.11. The zero-order valence-corrected chi connectivity index (χ0v) is 21.8. The Morgan fingerprint density at radius 3 is 1.60 bits per heavy atom. The summed E-state index contributed by atoms with van der Waals surface area (Å²) in [6.45, 7) is 4.74. The fourth-order valence-electron chi connectivity index (χ4n) is 2.23. The summed E-state index contributed by atoms with van der Waals surface area (Å²) in [7, 11) is -18.4. The summed E-state index contributed by atoms with van der Waals surface area (Å²) in [5.41, 5.74) is 0.329. The summed E-state index contributed by atoms with van der Waals surface area (Å²) in [5.74, 6) is -0.576. The quantitative estimate of drug-likeness (QED) is 0.254. The molecule has 1 rings (SSSR count). The third-order valence-corrected chi connectivity index (χ3v) is 14.2. The molecule has 0 aliphatic rings. The summed E-state index contributed by atoms with van der Waals surface area (Å²) in [6, 6.07) is 2.49. The molecule has 0 aromatic carbocycles. The van der Waals surface area contributed by atoms with Gasteiger partial charge >= 0.3 is 15.2 Å². The molecule has 0 saturated carbocycles. The van der Waals surface area contributed by atoms with Crippen molar-refractivity contribution >= 4 is 48.7 Å². The largest absolute Gasteiger partial charge is 0.356 e. The predicted molar refractivity (Wildman–Crippen MR) is 116 cm³/mol. The maximum absolute atomic E-state index is 13.5. The Morgan fingerprint density at radius 1 is 0.900 bits per heavy atom. The van der Waals surface area contributed by atoms with E-state index in [0.29, 0.717) is 5.69 Å². The highest BCUT2D eigenvalue weighted by atomic mass is 31.3. The fraction of sp³-hybridized carbons (Fsp3) is 0.583. The van der Waals surface area contributed by atoms with Crippen LogP contribution in [0.4, 0.5) is 4.39 Å². The number of aryl methyl sites for hydroxylation is 1. The lowest BCUT2D eigenvalue weighted by molar-refractivity contribution is 0.346.